The van der Waals surface area contributed by atoms with Gasteiger partial charge in [-0.05, 0) is 90.9 Å². The summed E-state index contributed by atoms with van der Waals surface area (Å²) in [5.74, 6) is 3.33. The predicted molar refractivity (Wildman–Crippen MR) is 215 cm³/mol. The third-order valence-electron chi connectivity index (χ3n) is 10.4. The Bertz CT molecular complexity index is 2300. The molecule has 0 aliphatic rings. The molecule has 0 N–H and O–H groups in total. The van der Waals surface area contributed by atoms with E-state index in [-0.39, 0.29) is 21.1 Å². The minimum atomic E-state index is 0. The van der Waals surface area contributed by atoms with Crippen LogP contribution in [0.15, 0.2) is 97.2 Å². The Morgan fingerprint density at radius 3 is 2.40 bits per heavy atom. The summed E-state index contributed by atoms with van der Waals surface area (Å²) in [6, 6.07) is 39.1. The van der Waals surface area contributed by atoms with Gasteiger partial charge >= 0.3 is 21.1 Å². The van der Waals surface area contributed by atoms with Gasteiger partial charge in [-0.15, -0.1) is 35.7 Å². The number of pyridine rings is 1. The van der Waals surface area contributed by atoms with Gasteiger partial charge in [0.15, 0.2) is 0 Å². The van der Waals surface area contributed by atoms with Gasteiger partial charge in [0.1, 0.15) is 5.82 Å². The van der Waals surface area contributed by atoms with Crippen LogP contribution in [-0.4, -0.2) is 19.3 Å². The minimum Gasteiger partial charge on any atom is -0.509 e. The molecule has 0 fully saturated rings. The second kappa shape index (κ2) is 17.1. The average Bonchev–Trinajstić information content (AvgIpc) is 3.64. The molecule has 3 heterocycles. The van der Waals surface area contributed by atoms with E-state index < -0.39 is 0 Å². The number of nitrogens with zero attached hydrogens (tertiary/aromatic N) is 4. The van der Waals surface area contributed by atoms with Crippen LogP contribution in [0.4, 0.5) is 0 Å². The van der Waals surface area contributed by atoms with Crippen LogP contribution in [0.1, 0.15) is 94.7 Å². The number of unbranched alkanes of at least 4 members (excludes halogenated alkanes) is 2. The minimum absolute atomic E-state index is 0. The van der Waals surface area contributed by atoms with Crippen molar-refractivity contribution in [3.63, 3.8) is 0 Å². The molecule has 0 amide bonds. The largest absolute Gasteiger partial charge is 2.00 e. The monoisotopic (exact) mass is 881 g/mol. The molecule has 4 aromatic carbocycles. The van der Waals surface area contributed by atoms with Crippen LogP contribution < -0.4 is 4.74 Å². The Hall–Kier alpha value is -4.47. The molecule has 0 aliphatic heterocycles. The van der Waals surface area contributed by atoms with Crippen LogP contribution in [-0.2, 0) is 27.5 Å². The van der Waals surface area contributed by atoms with Crippen LogP contribution in [0.5, 0.6) is 11.5 Å². The molecule has 7 aromatic rings. The van der Waals surface area contributed by atoms with Gasteiger partial charge in [-0.25, -0.2) is 4.98 Å². The van der Waals surface area contributed by atoms with Crippen LogP contribution in [0.25, 0.3) is 44.4 Å². The number of aryl methyl sites for hydroxylation is 2. The molecule has 0 saturated carbocycles. The maximum Gasteiger partial charge on any atom is 2.00 e. The number of hydrogen-bond acceptors (Lipinski definition) is 3. The van der Waals surface area contributed by atoms with Gasteiger partial charge in [-0.3, -0.25) is 4.68 Å². The molecule has 7 rings (SSSR count). The van der Waals surface area contributed by atoms with Crippen molar-refractivity contribution in [3.05, 3.63) is 132 Å². The van der Waals surface area contributed by atoms with Crippen molar-refractivity contribution in [1.29, 1.82) is 0 Å². The summed E-state index contributed by atoms with van der Waals surface area (Å²) in [6.07, 6.45) is 10.3. The van der Waals surface area contributed by atoms with E-state index in [1.807, 2.05) is 41.2 Å². The average molecular weight is 882 g/mol. The van der Waals surface area contributed by atoms with Crippen molar-refractivity contribution in [2.24, 2.45) is 5.92 Å². The first-order valence-corrected chi connectivity index (χ1v) is 19.1. The zero-order valence-electron chi connectivity index (χ0n) is 31.9. The van der Waals surface area contributed by atoms with Gasteiger partial charge < -0.3 is 9.30 Å². The number of hydrogen-bond donors (Lipinski definition) is 0. The van der Waals surface area contributed by atoms with Crippen molar-refractivity contribution in [1.82, 2.24) is 19.3 Å². The molecule has 0 bridgehead atoms. The number of fused-ring (bicyclic) bond motifs is 3. The molecule has 5 nitrogen and oxygen atoms in total. The Balaban J connectivity index is 0.00000481. The summed E-state index contributed by atoms with van der Waals surface area (Å²) in [6.45, 7) is 13.4. The van der Waals surface area contributed by atoms with E-state index in [2.05, 4.69) is 119 Å². The summed E-state index contributed by atoms with van der Waals surface area (Å²) in [7, 11) is 0. The van der Waals surface area contributed by atoms with Crippen molar-refractivity contribution in [2.75, 3.05) is 0 Å². The smallest absolute Gasteiger partial charge is 0.509 e. The number of aromatic nitrogens is 4. The van der Waals surface area contributed by atoms with E-state index in [0.29, 0.717) is 23.3 Å². The second-order valence-electron chi connectivity index (χ2n) is 14.5. The SMILES string of the molecule is CCCCCc1ccnc(-n2c3[c-]c(Oc4[c-]c(-n5nc(C)c(-c6ccccc6)c5C)ccc4)ccc3c3cc(C(C)CC(C)CCC)ccc32)c1.[Pt+2]. The molecule has 0 saturated heterocycles. The fourth-order valence-corrected chi connectivity index (χ4v) is 7.85. The maximum absolute atomic E-state index is 6.53. The Kier molecular flexibility index (Phi) is 12.4. The van der Waals surface area contributed by atoms with E-state index in [1.54, 1.807) is 0 Å². The summed E-state index contributed by atoms with van der Waals surface area (Å²) < 4.78 is 10.7. The zero-order chi connectivity index (χ0) is 36.2. The molecule has 6 heteroatoms. The normalized spacial score (nSPS) is 12.6. The van der Waals surface area contributed by atoms with E-state index in [0.717, 1.165) is 56.9 Å². The number of rotatable bonds is 14. The Labute approximate surface area is 329 Å². The molecule has 0 radical (unpaired) electrons. The van der Waals surface area contributed by atoms with Gasteiger partial charge in [0.25, 0.3) is 0 Å². The first-order chi connectivity index (χ1) is 25.3. The Morgan fingerprint density at radius 2 is 1.60 bits per heavy atom. The third kappa shape index (κ3) is 8.21. The van der Waals surface area contributed by atoms with Crippen LogP contribution >= 0.6 is 0 Å². The number of ether oxygens (including phenoxy) is 1. The molecule has 53 heavy (non-hydrogen) atoms. The van der Waals surface area contributed by atoms with E-state index in [4.69, 9.17) is 14.8 Å². The fourth-order valence-electron chi connectivity index (χ4n) is 7.85. The van der Waals surface area contributed by atoms with Crippen molar-refractivity contribution in [3.8, 4) is 34.1 Å². The van der Waals surface area contributed by atoms with Crippen LogP contribution in [0.2, 0.25) is 0 Å². The standard InChI is InChI=1S/C47H50N4O.Pt/c1-7-9-11-16-36-25-26-48-46(28-36)50-44-24-21-38(33(4)27-32(3)15-8-2)29-43(44)42-23-22-41(31-45(42)50)52-40-20-14-19-39(30-40)51-35(6)47(34(5)49-51)37-17-12-10-13-18-37;/h10,12-14,17-26,28-29,32-33H,7-9,11,15-16,27H2,1-6H3;/q-2;+2. The van der Waals surface area contributed by atoms with Gasteiger partial charge in [0, 0.05) is 34.5 Å². The summed E-state index contributed by atoms with van der Waals surface area (Å²) in [5, 5.41) is 7.26. The maximum atomic E-state index is 6.53. The molecular weight excluding hydrogens is 832 g/mol. The quantitative estimate of drug-likeness (QED) is 0.0807. The first kappa shape index (κ1) is 38.3. The van der Waals surface area contributed by atoms with Crippen molar-refractivity contribution >= 4 is 21.8 Å². The van der Waals surface area contributed by atoms with E-state index in [1.165, 1.54) is 55.0 Å². The zero-order valence-corrected chi connectivity index (χ0v) is 34.1. The predicted octanol–water partition coefficient (Wildman–Crippen LogP) is 12.7. The third-order valence-corrected chi connectivity index (χ3v) is 10.4. The molecular formula is C47H50N4OPt. The second-order valence-corrected chi connectivity index (χ2v) is 14.5. The Morgan fingerprint density at radius 1 is 0.792 bits per heavy atom. The van der Waals surface area contributed by atoms with Gasteiger partial charge in [0.2, 0.25) is 0 Å². The molecule has 3 aromatic heterocycles. The van der Waals surface area contributed by atoms with Gasteiger partial charge in [-0.2, -0.15) is 17.2 Å². The van der Waals surface area contributed by atoms with E-state index in [9.17, 15) is 0 Å². The van der Waals surface area contributed by atoms with E-state index >= 15 is 0 Å². The van der Waals surface area contributed by atoms with Gasteiger partial charge in [0.05, 0.1) is 5.69 Å². The molecule has 2 unspecified atom stereocenters. The van der Waals surface area contributed by atoms with Gasteiger partial charge in [-0.1, -0.05) is 101 Å². The molecule has 0 spiro atoms. The van der Waals surface area contributed by atoms with Crippen LogP contribution in [0, 0.1) is 31.9 Å². The van der Waals surface area contributed by atoms with Crippen molar-refractivity contribution in [2.45, 2.75) is 92.4 Å². The molecule has 2 atom stereocenters. The van der Waals surface area contributed by atoms with Crippen LogP contribution in [0.3, 0.4) is 0 Å². The molecule has 274 valence electrons. The summed E-state index contributed by atoms with van der Waals surface area (Å²) >= 11 is 0. The topological polar surface area (TPSA) is 44.9 Å². The van der Waals surface area contributed by atoms with Crippen molar-refractivity contribution < 1.29 is 25.8 Å². The summed E-state index contributed by atoms with van der Waals surface area (Å²) in [5.41, 5.74) is 9.94. The molecule has 0 aliphatic carbocycles. The number of benzene rings is 4. The summed E-state index contributed by atoms with van der Waals surface area (Å²) in [4.78, 5) is 4.91. The first-order valence-electron chi connectivity index (χ1n) is 19.1. The fraction of sp³-hybridized carbons (Fsp3) is 0.319.